The molecule has 8 heteroatoms. The van der Waals surface area contributed by atoms with Crippen LogP contribution < -0.4 is 4.72 Å². The average molecular weight is 435 g/mol. The van der Waals surface area contributed by atoms with Gasteiger partial charge in [0.15, 0.2) is 0 Å². The molecule has 0 radical (unpaired) electrons. The van der Waals surface area contributed by atoms with Gasteiger partial charge in [-0.3, -0.25) is 4.79 Å². The fourth-order valence-corrected chi connectivity index (χ4v) is 3.49. The van der Waals surface area contributed by atoms with Gasteiger partial charge in [-0.25, -0.2) is 13.1 Å². The molecule has 23 heavy (non-hydrogen) atoms. The van der Waals surface area contributed by atoms with Gasteiger partial charge in [0.1, 0.15) is 0 Å². The summed E-state index contributed by atoms with van der Waals surface area (Å²) in [5.41, 5.74) is 0.684. The molecule has 1 amide bonds. The van der Waals surface area contributed by atoms with Crippen molar-refractivity contribution in [3.05, 3.63) is 73.5 Å². The van der Waals surface area contributed by atoms with Crippen LogP contribution in [0.2, 0.25) is 10.0 Å². The van der Waals surface area contributed by atoms with Crippen molar-refractivity contribution in [1.29, 1.82) is 0 Å². The quantitative estimate of drug-likeness (QED) is 0.771. The highest BCUT2D eigenvalue weighted by Gasteiger charge is 2.16. The first-order valence-corrected chi connectivity index (χ1v) is 9.33. The molecule has 0 saturated heterocycles. The summed E-state index contributed by atoms with van der Waals surface area (Å²) in [4.78, 5) is 12.0. The Hall–Kier alpha value is -1.34. The van der Waals surface area contributed by atoms with Crippen LogP contribution in [0, 0.1) is 0 Å². The molecule has 0 aliphatic heterocycles. The zero-order chi connectivity index (χ0) is 17.0. The lowest BCUT2D eigenvalue weighted by molar-refractivity contribution is 0.0981. The zero-order valence-corrected chi connectivity index (χ0v) is 15.4. The number of carbonyl (C=O) groups excluding carboxylic acids is 1. The van der Waals surface area contributed by atoms with Crippen molar-refractivity contribution in [3.8, 4) is 0 Å². The number of amides is 1. The van der Waals surface area contributed by atoms with Crippen LogP contribution in [0.5, 0.6) is 0 Å². The molecule has 0 spiro atoms. The molecule has 2 rings (SSSR count). The monoisotopic (exact) mass is 433 g/mol. The number of carbonyl (C=O) groups is 1. The van der Waals surface area contributed by atoms with Crippen LogP contribution in [0.3, 0.4) is 0 Å². The van der Waals surface area contributed by atoms with E-state index in [1.54, 1.807) is 24.3 Å². The van der Waals surface area contributed by atoms with Gasteiger partial charge in [0.25, 0.3) is 15.9 Å². The van der Waals surface area contributed by atoms with E-state index < -0.39 is 15.9 Å². The first-order chi connectivity index (χ1) is 10.8. The zero-order valence-electron chi connectivity index (χ0n) is 11.5. The van der Waals surface area contributed by atoms with Crippen molar-refractivity contribution in [2.45, 2.75) is 0 Å². The minimum atomic E-state index is -3.96. The molecule has 4 nitrogen and oxygen atoms in total. The highest BCUT2D eigenvalue weighted by atomic mass is 79.9. The van der Waals surface area contributed by atoms with E-state index in [1.165, 1.54) is 24.3 Å². The SMILES string of the molecule is O=C(NS(=O)(=O)C=Cc1ccccc1Cl)c1ccc(Cl)cc1Br. The molecule has 0 atom stereocenters. The van der Waals surface area contributed by atoms with Crippen molar-refractivity contribution in [2.75, 3.05) is 0 Å². The lowest BCUT2D eigenvalue weighted by Gasteiger charge is -2.06. The van der Waals surface area contributed by atoms with Crippen molar-refractivity contribution in [1.82, 2.24) is 4.72 Å². The normalized spacial score (nSPS) is 11.6. The van der Waals surface area contributed by atoms with Gasteiger partial charge in [0.2, 0.25) is 0 Å². The summed E-state index contributed by atoms with van der Waals surface area (Å²) in [5, 5.41) is 1.72. The van der Waals surface area contributed by atoms with E-state index in [1.807, 2.05) is 4.72 Å². The van der Waals surface area contributed by atoms with Crippen LogP contribution in [0.25, 0.3) is 6.08 Å². The molecule has 2 aromatic rings. The molecule has 0 bridgehead atoms. The molecule has 1 N–H and O–H groups in total. The maximum absolute atomic E-state index is 12.0. The van der Waals surface area contributed by atoms with Gasteiger partial charge in [-0.1, -0.05) is 41.4 Å². The molecular weight excluding hydrogens is 425 g/mol. The van der Waals surface area contributed by atoms with E-state index in [-0.39, 0.29) is 5.56 Å². The second kappa shape index (κ2) is 7.49. The minimum Gasteiger partial charge on any atom is -0.268 e. The molecule has 0 aliphatic rings. The van der Waals surface area contributed by atoms with Crippen molar-refractivity contribution in [2.24, 2.45) is 0 Å². The molecule has 0 heterocycles. The maximum atomic E-state index is 12.0. The number of halogens is 3. The number of nitrogens with one attached hydrogen (secondary N) is 1. The number of rotatable bonds is 4. The van der Waals surface area contributed by atoms with E-state index in [9.17, 15) is 13.2 Å². The molecule has 0 unspecified atom stereocenters. The Kier molecular flexibility index (Phi) is 5.86. The van der Waals surface area contributed by atoms with Gasteiger partial charge >= 0.3 is 0 Å². The highest BCUT2D eigenvalue weighted by Crippen LogP contribution is 2.22. The molecule has 0 saturated carbocycles. The van der Waals surface area contributed by atoms with Crippen LogP contribution in [0.1, 0.15) is 15.9 Å². The van der Waals surface area contributed by atoms with Crippen molar-refractivity contribution < 1.29 is 13.2 Å². The second-order valence-electron chi connectivity index (χ2n) is 4.42. The Bertz CT molecular complexity index is 882. The number of hydrogen-bond acceptors (Lipinski definition) is 3. The van der Waals surface area contributed by atoms with Crippen LogP contribution in [0.15, 0.2) is 52.3 Å². The van der Waals surface area contributed by atoms with E-state index in [4.69, 9.17) is 23.2 Å². The minimum absolute atomic E-state index is 0.157. The maximum Gasteiger partial charge on any atom is 0.266 e. The first kappa shape index (κ1) is 18.0. The summed E-state index contributed by atoms with van der Waals surface area (Å²) in [6.07, 6.45) is 1.31. The summed E-state index contributed by atoms with van der Waals surface area (Å²) in [6, 6.07) is 11.2. The van der Waals surface area contributed by atoms with Crippen LogP contribution in [0.4, 0.5) is 0 Å². The summed E-state index contributed by atoms with van der Waals surface area (Å²) in [6.45, 7) is 0. The largest absolute Gasteiger partial charge is 0.268 e. The fraction of sp³-hybridized carbons (Fsp3) is 0. The fourth-order valence-electron chi connectivity index (χ4n) is 1.66. The standard InChI is InChI=1S/C15H10BrCl2NO3S/c16-13-9-11(17)5-6-12(13)15(20)19-23(21,22)8-7-10-3-1-2-4-14(10)18/h1-9H,(H,19,20). The van der Waals surface area contributed by atoms with Crippen LogP contribution in [-0.4, -0.2) is 14.3 Å². The molecular formula is C15H10BrCl2NO3S. The van der Waals surface area contributed by atoms with E-state index in [2.05, 4.69) is 15.9 Å². The van der Waals surface area contributed by atoms with Crippen molar-refractivity contribution >= 4 is 61.1 Å². The highest BCUT2D eigenvalue weighted by molar-refractivity contribution is 9.10. The van der Waals surface area contributed by atoms with Gasteiger partial charge in [-0.15, -0.1) is 0 Å². The van der Waals surface area contributed by atoms with E-state index >= 15 is 0 Å². The third kappa shape index (κ3) is 5.07. The van der Waals surface area contributed by atoms with Gasteiger partial charge in [-0.05, 0) is 51.8 Å². The topological polar surface area (TPSA) is 63.2 Å². The lowest BCUT2D eigenvalue weighted by Crippen LogP contribution is -2.29. The molecule has 0 aromatic heterocycles. The Labute approximate surface area is 152 Å². The predicted octanol–water partition coefficient (Wildman–Crippen LogP) is 4.49. The lowest BCUT2D eigenvalue weighted by atomic mass is 10.2. The Morgan fingerprint density at radius 3 is 2.48 bits per heavy atom. The number of sulfonamides is 1. The van der Waals surface area contributed by atoms with Gasteiger partial charge in [0.05, 0.1) is 11.0 Å². The number of benzene rings is 2. The van der Waals surface area contributed by atoms with E-state index in [0.29, 0.717) is 20.1 Å². The second-order valence-corrected chi connectivity index (χ2v) is 7.69. The molecule has 2 aromatic carbocycles. The smallest absolute Gasteiger partial charge is 0.266 e. The Balaban J connectivity index is 2.18. The molecule has 0 aliphatic carbocycles. The summed E-state index contributed by atoms with van der Waals surface area (Å²) >= 11 is 14.9. The number of hydrogen-bond donors (Lipinski definition) is 1. The first-order valence-electron chi connectivity index (χ1n) is 6.23. The summed E-state index contributed by atoms with van der Waals surface area (Å²) in [5.74, 6) is -0.766. The van der Waals surface area contributed by atoms with E-state index in [0.717, 1.165) is 5.41 Å². The third-order valence-corrected chi connectivity index (χ3v) is 4.94. The van der Waals surface area contributed by atoms with Crippen LogP contribution in [-0.2, 0) is 10.0 Å². The van der Waals surface area contributed by atoms with Gasteiger partial charge < -0.3 is 0 Å². The van der Waals surface area contributed by atoms with Crippen LogP contribution >= 0.6 is 39.1 Å². The molecule has 0 fully saturated rings. The Morgan fingerprint density at radius 1 is 1.13 bits per heavy atom. The van der Waals surface area contributed by atoms with Gasteiger partial charge in [-0.2, -0.15) is 0 Å². The average Bonchev–Trinajstić information content (AvgIpc) is 2.45. The predicted molar refractivity (Wildman–Crippen MR) is 96.0 cm³/mol. The summed E-state index contributed by atoms with van der Waals surface area (Å²) in [7, 11) is -3.96. The Morgan fingerprint density at radius 2 is 1.83 bits per heavy atom. The third-order valence-electron chi connectivity index (χ3n) is 2.74. The summed E-state index contributed by atoms with van der Waals surface area (Å²) < 4.78 is 26.3. The van der Waals surface area contributed by atoms with Crippen molar-refractivity contribution in [3.63, 3.8) is 0 Å². The van der Waals surface area contributed by atoms with Gasteiger partial charge in [0, 0.05) is 14.5 Å². The molecule has 120 valence electrons.